The third kappa shape index (κ3) is 2.55. The zero-order chi connectivity index (χ0) is 11.4. The molecule has 0 spiro atoms. The molecule has 4 nitrogen and oxygen atoms in total. The van der Waals surface area contributed by atoms with Gasteiger partial charge in [-0.3, -0.25) is 4.79 Å². The monoisotopic (exact) mass is 226 g/mol. The van der Waals surface area contributed by atoms with E-state index in [0.29, 0.717) is 13.2 Å². The van der Waals surface area contributed by atoms with Crippen molar-refractivity contribution >= 4 is 5.91 Å². The van der Waals surface area contributed by atoms with E-state index in [2.05, 4.69) is 12.2 Å². The summed E-state index contributed by atoms with van der Waals surface area (Å²) >= 11 is 0. The lowest BCUT2D eigenvalue weighted by atomic mass is 10.0. The number of piperidine rings is 1. The quantitative estimate of drug-likeness (QED) is 0.756. The molecule has 0 radical (unpaired) electrons. The van der Waals surface area contributed by atoms with E-state index in [-0.39, 0.29) is 18.0 Å². The van der Waals surface area contributed by atoms with Gasteiger partial charge in [-0.25, -0.2) is 0 Å². The van der Waals surface area contributed by atoms with E-state index in [4.69, 9.17) is 4.74 Å². The molecule has 0 aromatic carbocycles. The summed E-state index contributed by atoms with van der Waals surface area (Å²) in [5.41, 5.74) is 0. The van der Waals surface area contributed by atoms with Crippen molar-refractivity contribution in [3.63, 3.8) is 0 Å². The molecule has 2 fully saturated rings. The van der Waals surface area contributed by atoms with Crippen LogP contribution in [-0.2, 0) is 9.53 Å². The Morgan fingerprint density at radius 3 is 3.06 bits per heavy atom. The molecule has 2 rings (SSSR count). The van der Waals surface area contributed by atoms with Gasteiger partial charge in [0.15, 0.2) is 0 Å². The number of amides is 1. The first-order valence-corrected chi connectivity index (χ1v) is 6.44. The third-order valence-electron chi connectivity index (χ3n) is 3.59. The Morgan fingerprint density at radius 1 is 1.50 bits per heavy atom. The number of carbonyl (C=O) groups is 1. The normalized spacial score (nSPS) is 31.4. The summed E-state index contributed by atoms with van der Waals surface area (Å²) in [5.74, 6) is 0.287. The number of carbonyl (C=O) groups excluding carboxylic acids is 1. The number of rotatable bonds is 2. The molecule has 1 N–H and O–H groups in total. The van der Waals surface area contributed by atoms with E-state index in [1.807, 2.05) is 4.90 Å². The first kappa shape index (κ1) is 11.9. The highest BCUT2D eigenvalue weighted by Gasteiger charge is 2.31. The van der Waals surface area contributed by atoms with Gasteiger partial charge in [-0.15, -0.1) is 0 Å². The Labute approximate surface area is 97.3 Å². The van der Waals surface area contributed by atoms with E-state index in [1.54, 1.807) is 0 Å². The van der Waals surface area contributed by atoms with Gasteiger partial charge in [-0.1, -0.05) is 13.3 Å². The van der Waals surface area contributed by atoms with Crippen LogP contribution in [-0.4, -0.2) is 49.2 Å². The fourth-order valence-electron chi connectivity index (χ4n) is 2.55. The molecule has 0 aromatic rings. The fourth-order valence-corrected chi connectivity index (χ4v) is 2.55. The van der Waals surface area contributed by atoms with E-state index >= 15 is 0 Å². The summed E-state index contributed by atoms with van der Waals surface area (Å²) in [4.78, 5) is 14.4. The third-order valence-corrected chi connectivity index (χ3v) is 3.59. The van der Waals surface area contributed by atoms with Crippen molar-refractivity contribution in [2.24, 2.45) is 0 Å². The van der Waals surface area contributed by atoms with Gasteiger partial charge >= 0.3 is 0 Å². The van der Waals surface area contributed by atoms with Gasteiger partial charge in [0.25, 0.3) is 0 Å². The average molecular weight is 226 g/mol. The van der Waals surface area contributed by atoms with Gasteiger partial charge in [0.2, 0.25) is 5.91 Å². The maximum atomic E-state index is 12.3. The van der Waals surface area contributed by atoms with E-state index in [1.165, 1.54) is 12.8 Å². The predicted octanol–water partition coefficient (Wildman–Crippen LogP) is 0.766. The molecule has 1 amide bonds. The van der Waals surface area contributed by atoms with Crippen LogP contribution in [0.2, 0.25) is 0 Å². The minimum Gasteiger partial charge on any atom is -0.377 e. The molecule has 0 aliphatic carbocycles. The SMILES string of the molecule is CCC1COCCN1C(=O)[C@@H]1CCCCN1. The largest absolute Gasteiger partial charge is 0.377 e. The molecule has 16 heavy (non-hydrogen) atoms. The first-order chi connectivity index (χ1) is 7.83. The summed E-state index contributed by atoms with van der Waals surface area (Å²) in [6.07, 6.45) is 4.35. The van der Waals surface area contributed by atoms with Crippen molar-refractivity contribution in [2.45, 2.75) is 44.7 Å². The van der Waals surface area contributed by atoms with Crippen LogP contribution in [0.5, 0.6) is 0 Å². The number of ether oxygens (including phenoxy) is 1. The smallest absolute Gasteiger partial charge is 0.240 e. The Hall–Kier alpha value is -0.610. The molecular weight excluding hydrogens is 204 g/mol. The summed E-state index contributed by atoms with van der Waals surface area (Å²) in [6, 6.07) is 0.339. The molecule has 2 saturated heterocycles. The van der Waals surface area contributed by atoms with E-state index in [0.717, 1.165) is 25.9 Å². The molecule has 2 aliphatic heterocycles. The van der Waals surface area contributed by atoms with Crippen molar-refractivity contribution < 1.29 is 9.53 Å². The Bertz CT molecular complexity index is 239. The number of nitrogens with zero attached hydrogens (tertiary/aromatic N) is 1. The van der Waals surface area contributed by atoms with Crippen molar-refractivity contribution in [2.75, 3.05) is 26.3 Å². The zero-order valence-corrected chi connectivity index (χ0v) is 10.1. The second-order valence-electron chi connectivity index (χ2n) is 4.67. The number of morpholine rings is 1. The van der Waals surface area contributed by atoms with Crippen LogP contribution >= 0.6 is 0 Å². The second kappa shape index (κ2) is 5.64. The molecule has 2 aliphatic rings. The molecule has 0 aromatic heterocycles. The van der Waals surface area contributed by atoms with Crippen molar-refractivity contribution in [1.29, 1.82) is 0 Å². The standard InChI is InChI=1S/C12H22N2O2/c1-2-10-9-16-8-7-14(10)12(15)11-5-3-4-6-13-11/h10-11,13H,2-9H2,1H3/t10?,11-/m0/s1. The minimum atomic E-state index is 0.0564. The van der Waals surface area contributed by atoms with Gasteiger partial charge in [-0.05, 0) is 25.8 Å². The van der Waals surface area contributed by atoms with Crippen LogP contribution in [0.4, 0.5) is 0 Å². The van der Waals surface area contributed by atoms with Gasteiger partial charge in [0.05, 0.1) is 25.3 Å². The van der Waals surface area contributed by atoms with E-state index in [9.17, 15) is 4.79 Å². The highest BCUT2D eigenvalue weighted by atomic mass is 16.5. The molecule has 4 heteroatoms. The molecule has 1 unspecified atom stereocenters. The first-order valence-electron chi connectivity index (χ1n) is 6.44. The maximum absolute atomic E-state index is 12.3. The number of hydrogen-bond donors (Lipinski definition) is 1. The highest BCUT2D eigenvalue weighted by molar-refractivity contribution is 5.82. The lowest BCUT2D eigenvalue weighted by Crippen LogP contribution is -2.55. The van der Waals surface area contributed by atoms with Gasteiger partial charge in [0, 0.05) is 6.54 Å². The average Bonchev–Trinajstić information content (AvgIpc) is 2.39. The Kier molecular flexibility index (Phi) is 4.18. The van der Waals surface area contributed by atoms with Gasteiger partial charge in [-0.2, -0.15) is 0 Å². The molecule has 2 heterocycles. The molecule has 0 saturated carbocycles. The van der Waals surface area contributed by atoms with Crippen LogP contribution in [0, 0.1) is 0 Å². The fraction of sp³-hybridized carbons (Fsp3) is 0.917. The van der Waals surface area contributed by atoms with Crippen LogP contribution in [0.1, 0.15) is 32.6 Å². The van der Waals surface area contributed by atoms with Crippen LogP contribution in [0.3, 0.4) is 0 Å². The van der Waals surface area contributed by atoms with E-state index < -0.39 is 0 Å². The van der Waals surface area contributed by atoms with Crippen molar-refractivity contribution in [3.8, 4) is 0 Å². The Balaban J connectivity index is 1.95. The summed E-state index contributed by atoms with van der Waals surface area (Å²) in [6.45, 7) is 5.25. The molecule has 2 atom stereocenters. The molecule has 0 bridgehead atoms. The lowest BCUT2D eigenvalue weighted by molar-refractivity contribution is -0.142. The second-order valence-corrected chi connectivity index (χ2v) is 4.67. The Morgan fingerprint density at radius 2 is 2.38 bits per heavy atom. The zero-order valence-electron chi connectivity index (χ0n) is 10.1. The summed E-state index contributed by atoms with van der Waals surface area (Å²) < 4.78 is 5.43. The molecular formula is C12H22N2O2. The number of nitrogens with one attached hydrogen (secondary N) is 1. The minimum absolute atomic E-state index is 0.0564. The van der Waals surface area contributed by atoms with Gasteiger partial charge < -0.3 is 15.0 Å². The highest BCUT2D eigenvalue weighted by Crippen LogP contribution is 2.15. The van der Waals surface area contributed by atoms with Crippen molar-refractivity contribution in [3.05, 3.63) is 0 Å². The van der Waals surface area contributed by atoms with Crippen LogP contribution < -0.4 is 5.32 Å². The topological polar surface area (TPSA) is 41.6 Å². The number of hydrogen-bond acceptors (Lipinski definition) is 3. The van der Waals surface area contributed by atoms with Gasteiger partial charge in [0.1, 0.15) is 0 Å². The maximum Gasteiger partial charge on any atom is 0.240 e. The van der Waals surface area contributed by atoms with Crippen LogP contribution in [0.25, 0.3) is 0 Å². The van der Waals surface area contributed by atoms with Crippen molar-refractivity contribution in [1.82, 2.24) is 10.2 Å². The molecule has 92 valence electrons. The summed E-state index contributed by atoms with van der Waals surface area (Å²) in [5, 5.41) is 3.33. The van der Waals surface area contributed by atoms with Crippen LogP contribution in [0.15, 0.2) is 0 Å². The lowest BCUT2D eigenvalue weighted by Gasteiger charge is -2.38. The predicted molar refractivity (Wildman–Crippen MR) is 62.3 cm³/mol. The summed E-state index contributed by atoms with van der Waals surface area (Å²) in [7, 11) is 0.